The van der Waals surface area contributed by atoms with Gasteiger partial charge in [-0.05, 0) is 26.7 Å². The Morgan fingerprint density at radius 3 is 2.04 bits per heavy atom. The summed E-state index contributed by atoms with van der Waals surface area (Å²) in [4.78, 5) is 22.8. The quantitative estimate of drug-likeness (QED) is 0.367. The fourth-order valence-electron chi connectivity index (χ4n) is 2.29. The minimum Gasteiger partial charge on any atom is -0.377 e. The van der Waals surface area contributed by atoms with Gasteiger partial charge in [-0.3, -0.25) is 9.59 Å². The van der Waals surface area contributed by atoms with Crippen LogP contribution in [-0.2, 0) is 19.1 Å². The zero-order valence-corrected chi connectivity index (χ0v) is 17.9. The lowest BCUT2D eigenvalue weighted by Gasteiger charge is -2.09. The smallest absolute Gasteiger partial charge is 0.220 e. The van der Waals surface area contributed by atoms with Crippen molar-refractivity contribution in [3.8, 4) is 0 Å². The Kier molecular flexibility index (Phi) is 23.2. The number of ether oxygens (including phenoxy) is 2. The van der Waals surface area contributed by atoms with Gasteiger partial charge in [0.05, 0.1) is 25.9 Å². The first-order chi connectivity index (χ1) is 12.6. The summed E-state index contributed by atoms with van der Waals surface area (Å²) >= 11 is 0. The van der Waals surface area contributed by atoms with Crippen LogP contribution in [0.4, 0.5) is 0 Å². The number of nitrogens with one attached hydrogen (secondary N) is 1. The SMILES string of the molecule is CC.CCC(=O)CCCCCCCCC(=O)NCCOCCOC(C)C.[HH]. The lowest BCUT2D eigenvalue weighted by atomic mass is 10.1. The number of ketones is 1. The Balaban J connectivity index is -0.00000185. The topological polar surface area (TPSA) is 64.6 Å². The van der Waals surface area contributed by atoms with E-state index in [2.05, 4.69) is 5.32 Å². The van der Waals surface area contributed by atoms with E-state index in [0.717, 1.165) is 44.9 Å². The molecule has 0 aromatic rings. The predicted octanol–water partition coefficient (Wildman–Crippen LogP) is 4.92. The number of hydrogen-bond acceptors (Lipinski definition) is 4. The minimum absolute atomic E-state index is 0. The van der Waals surface area contributed by atoms with Crippen LogP contribution < -0.4 is 5.32 Å². The lowest BCUT2D eigenvalue weighted by molar-refractivity contribution is -0.121. The Morgan fingerprint density at radius 2 is 1.46 bits per heavy atom. The Labute approximate surface area is 163 Å². The van der Waals surface area contributed by atoms with Crippen molar-refractivity contribution in [3.05, 3.63) is 0 Å². The summed E-state index contributed by atoms with van der Waals surface area (Å²) in [6, 6.07) is 0. The molecule has 0 heterocycles. The van der Waals surface area contributed by atoms with E-state index in [0.29, 0.717) is 45.0 Å². The molecule has 0 bridgehead atoms. The van der Waals surface area contributed by atoms with Gasteiger partial charge in [0.15, 0.2) is 0 Å². The van der Waals surface area contributed by atoms with Crippen LogP contribution in [0.5, 0.6) is 0 Å². The number of amides is 1. The Bertz CT molecular complexity index is 325. The molecule has 0 fully saturated rings. The second kappa shape index (κ2) is 22.1. The molecular weight excluding hydrogens is 330 g/mol. The minimum atomic E-state index is 0. The van der Waals surface area contributed by atoms with Crippen LogP contribution in [0, 0.1) is 0 Å². The van der Waals surface area contributed by atoms with Crippen molar-refractivity contribution >= 4 is 11.7 Å². The molecule has 0 spiro atoms. The summed E-state index contributed by atoms with van der Waals surface area (Å²) in [6.45, 7) is 12.2. The molecule has 0 rings (SSSR count). The molecule has 0 saturated heterocycles. The number of carbonyl (C=O) groups excluding carboxylic acids is 2. The molecule has 0 aliphatic carbocycles. The van der Waals surface area contributed by atoms with E-state index in [1.165, 1.54) is 0 Å². The summed E-state index contributed by atoms with van der Waals surface area (Å²) in [7, 11) is 0. The monoisotopic (exact) mass is 375 g/mol. The van der Waals surface area contributed by atoms with E-state index in [9.17, 15) is 9.59 Å². The van der Waals surface area contributed by atoms with Crippen LogP contribution in [-0.4, -0.2) is 44.2 Å². The van der Waals surface area contributed by atoms with E-state index in [1.54, 1.807) is 0 Å². The van der Waals surface area contributed by atoms with Gasteiger partial charge in [0, 0.05) is 27.2 Å². The van der Waals surface area contributed by atoms with Gasteiger partial charge in [-0.25, -0.2) is 0 Å². The maximum atomic E-state index is 11.6. The fraction of sp³-hybridized carbons (Fsp3) is 0.905. The zero-order valence-electron chi connectivity index (χ0n) is 17.9. The van der Waals surface area contributed by atoms with Gasteiger partial charge < -0.3 is 14.8 Å². The van der Waals surface area contributed by atoms with Crippen molar-refractivity contribution < 1.29 is 20.5 Å². The van der Waals surface area contributed by atoms with Gasteiger partial charge in [0.2, 0.25) is 5.91 Å². The highest BCUT2D eigenvalue weighted by Gasteiger charge is 2.01. The fourth-order valence-corrected chi connectivity index (χ4v) is 2.29. The number of hydrogen-bond donors (Lipinski definition) is 1. The van der Waals surface area contributed by atoms with Crippen molar-refractivity contribution in [2.75, 3.05) is 26.4 Å². The van der Waals surface area contributed by atoms with E-state index in [1.807, 2.05) is 34.6 Å². The van der Waals surface area contributed by atoms with Crippen molar-refractivity contribution in [1.29, 1.82) is 0 Å². The molecule has 0 saturated carbocycles. The molecule has 1 amide bonds. The van der Waals surface area contributed by atoms with E-state index in [-0.39, 0.29) is 13.4 Å². The van der Waals surface area contributed by atoms with Crippen molar-refractivity contribution in [1.82, 2.24) is 5.32 Å². The van der Waals surface area contributed by atoms with Crippen LogP contribution in [0.25, 0.3) is 0 Å². The van der Waals surface area contributed by atoms with Crippen molar-refractivity contribution in [2.45, 2.75) is 98.5 Å². The molecule has 0 aliphatic heterocycles. The molecule has 1 N–H and O–H groups in total. The van der Waals surface area contributed by atoms with Crippen LogP contribution in [0.2, 0.25) is 0 Å². The summed E-state index contributed by atoms with van der Waals surface area (Å²) in [6.07, 6.45) is 8.65. The standard InChI is InChI=1S/C19H37NO4.C2H6.H2/c1-4-18(21)11-9-7-5-6-8-10-12-19(22)20-13-14-23-15-16-24-17(2)3;1-2;/h17H,4-16H2,1-3H3,(H,20,22);1-2H3;1H. The highest BCUT2D eigenvalue weighted by molar-refractivity contribution is 5.77. The van der Waals surface area contributed by atoms with Crippen LogP contribution in [0.3, 0.4) is 0 Å². The summed E-state index contributed by atoms with van der Waals surface area (Å²) in [5, 5.41) is 2.87. The van der Waals surface area contributed by atoms with Gasteiger partial charge in [0.25, 0.3) is 0 Å². The average molecular weight is 376 g/mol. The highest BCUT2D eigenvalue weighted by Crippen LogP contribution is 2.09. The summed E-state index contributed by atoms with van der Waals surface area (Å²) in [5.41, 5.74) is 0. The van der Waals surface area contributed by atoms with Crippen LogP contribution in [0.15, 0.2) is 0 Å². The van der Waals surface area contributed by atoms with Crippen molar-refractivity contribution in [2.24, 2.45) is 0 Å². The third-order valence-corrected chi connectivity index (χ3v) is 3.75. The molecular formula is C21H45NO4. The maximum Gasteiger partial charge on any atom is 0.220 e. The van der Waals surface area contributed by atoms with Crippen molar-refractivity contribution in [3.63, 3.8) is 0 Å². The third kappa shape index (κ3) is 23.1. The molecule has 0 radical (unpaired) electrons. The number of rotatable bonds is 17. The van der Waals surface area contributed by atoms with E-state index in [4.69, 9.17) is 9.47 Å². The highest BCUT2D eigenvalue weighted by atomic mass is 16.5. The molecule has 0 unspecified atom stereocenters. The molecule has 5 nitrogen and oxygen atoms in total. The van der Waals surface area contributed by atoms with E-state index < -0.39 is 0 Å². The molecule has 0 aromatic heterocycles. The first-order valence-corrected chi connectivity index (χ1v) is 10.5. The Morgan fingerprint density at radius 1 is 0.885 bits per heavy atom. The third-order valence-electron chi connectivity index (χ3n) is 3.75. The molecule has 158 valence electrons. The molecule has 0 aromatic carbocycles. The summed E-state index contributed by atoms with van der Waals surface area (Å²) < 4.78 is 10.7. The van der Waals surface area contributed by atoms with Crippen LogP contribution in [0.1, 0.15) is 93.8 Å². The molecule has 0 atom stereocenters. The van der Waals surface area contributed by atoms with Gasteiger partial charge in [-0.1, -0.05) is 46.5 Å². The number of Topliss-reactive ketones (excluding diaryl/α,β-unsaturated/α-hetero) is 1. The molecule has 26 heavy (non-hydrogen) atoms. The van der Waals surface area contributed by atoms with Gasteiger partial charge in [0.1, 0.15) is 5.78 Å². The maximum absolute atomic E-state index is 11.6. The van der Waals surface area contributed by atoms with Gasteiger partial charge >= 0.3 is 0 Å². The van der Waals surface area contributed by atoms with Gasteiger partial charge in [-0.2, -0.15) is 0 Å². The number of carbonyl (C=O) groups is 2. The number of unbranched alkanes of at least 4 members (excludes halogenated alkanes) is 5. The average Bonchev–Trinajstić information content (AvgIpc) is 2.64. The second-order valence-corrected chi connectivity index (χ2v) is 6.40. The largest absolute Gasteiger partial charge is 0.377 e. The Hall–Kier alpha value is -0.940. The first kappa shape index (κ1) is 27.3. The second-order valence-electron chi connectivity index (χ2n) is 6.40. The predicted molar refractivity (Wildman–Crippen MR) is 111 cm³/mol. The zero-order chi connectivity index (χ0) is 20.0. The summed E-state index contributed by atoms with van der Waals surface area (Å²) in [5.74, 6) is 0.466. The molecule has 0 aliphatic rings. The molecule has 5 heteroatoms. The first-order valence-electron chi connectivity index (χ1n) is 10.5. The van der Waals surface area contributed by atoms with E-state index >= 15 is 0 Å². The lowest BCUT2D eigenvalue weighted by Crippen LogP contribution is -2.27. The van der Waals surface area contributed by atoms with Gasteiger partial charge in [-0.15, -0.1) is 0 Å². The van der Waals surface area contributed by atoms with Crippen LogP contribution >= 0.6 is 0 Å². The normalized spacial score (nSPS) is 10.4.